The van der Waals surface area contributed by atoms with Crippen molar-refractivity contribution in [1.29, 1.82) is 0 Å². The predicted molar refractivity (Wildman–Crippen MR) is 101 cm³/mol. The van der Waals surface area contributed by atoms with Crippen molar-refractivity contribution < 1.29 is 19.4 Å². The number of nitrogens with zero attached hydrogens (tertiary/aromatic N) is 1. The van der Waals surface area contributed by atoms with Gasteiger partial charge >= 0.3 is 5.97 Å². The van der Waals surface area contributed by atoms with E-state index >= 15 is 0 Å². The van der Waals surface area contributed by atoms with E-state index in [9.17, 15) is 9.59 Å². The van der Waals surface area contributed by atoms with Gasteiger partial charge < -0.3 is 25.8 Å². The Morgan fingerprint density at radius 1 is 1.50 bits per heavy atom. The molecule has 0 saturated carbocycles. The minimum atomic E-state index is -0.791. The Morgan fingerprint density at radius 3 is 2.77 bits per heavy atom. The Hall–Kier alpha value is -1.99. The van der Waals surface area contributed by atoms with Gasteiger partial charge in [-0.25, -0.2) is 0 Å². The highest BCUT2D eigenvalue weighted by Crippen LogP contribution is 2.29. The fourth-order valence-electron chi connectivity index (χ4n) is 3.24. The quantitative estimate of drug-likeness (QED) is 0.650. The van der Waals surface area contributed by atoms with E-state index < -0.39 is 11.9 Å². The molecule has 1 amide bonds. The number of ether oxygens (including phenoxy) is 1. The van der Waals surface area contributed by atoms with Gasteiger partial charge in [0, 0.05) is 31.7 Å². The monoisotopic (exact) mass is 383 g/mol. The van der Waals surface area contributed by atoms with Crippen LogP contribution in [0.15, 0.2) is 12.1 Å². The van der Waals surface area contributed by atoms with Gasteiger partial charge in [0.25, 0.3) is 5.91 Å². The standard InChI is InChI=1S/C18H26ClN3O4/c1-10-8-22(9-11(2)18(24)25)5-4-15(10)21-17(23)12-6-13(19)14(20)7-16(12)26-3/h6-7,10-11,15H,4-5,8-9,20H2,1-3H3,(H,21,23)(H,24,25). The van der Waals surface area contributed by atoms with Crippen molar-refractivity contribution in [3.63, 3.8) is 0 Å². The first kappa shape index (κ1) is 20.3. The van der Waals surface area contributed by atoms with E-state index in [4.69, 9.17) is 27.2 Å². The molecule has 0 aliphatic carbocycles. The Morgan fingerprint density at radius 2 is 2.19 bits per heavy atom. The van der Waals surface area contributed by atoms with Crippen molar-refractivity contribution >= 4 is 29.2 Å². The Balaban J connectivity index is 2.01. The predicted octanol–water partition coefficient (Wildman–Crippen LogP) is 2.09. The third kappa shape index (κ3) is 4.80. The van der Waals surface area contributed by atoms with E-state index in [0.29, 0.717) is 28.6 Å². The number of carboxylic acid groups (broad SMARTS) is 1. The van der Waals surface area contributed by atoms with Crippen LogP contribution in [0.1, 0.15) is 30.6 Å². The molecular weight excluding hydrogens is 358 g/mol. The van der Waals surface area contributed by atoms with Gasteiger partial charge in [-0.2, -0.15) is 0 Å². The van der Waals surface area contributed by atoms with Crippen LogP contribution in [0.25, 0.3) is 0 Å². The normalized spacial score (nSPS) is 21.8. The van der Waals surface area contributed by atoms with Crippen LogP contribution in [-0.2, 0) is 4.79 Å². The molecule has 1 aromatic rings. The smallest absolute Gasteiger partial charge is 0.307 e. The van der Waals surface area contributed by atoms with Crippen LogP contribution < -0.4 is 15.8 Å². The van der Waals surface area contributed by atoms with Gasteiger partial charge in [0.1, 0.15) is 5.75 Å². The van der Waals surface area contributed by atoms with Crippen molar-refractivity contribution in [3.05, 3.63) is 22.7 Å². The number of likely N-dealkylation sites (tertiary alicyclic amines) is 1. The number of aliphatic carboxylic acids is 1. The molecule has 0 bridgehead atoms. The number of benzene rings is 1. The summed E-state index contributed by atoms with van der Waals surface area (Å²) in [5.74, 6) is -0.878. The number of methoxy groups -OCH3 is 1. The second-order valence-corrected chi connectivity index (χ2v) is 7.33. The molecule has 1 fully saturated rings. The summed E-state index contributed by atoms with van der Waals surface area (Å²) in [7, 11) is 1.48. The molecule has 144 valence electrons. The summed E-state index contributed by atoms with van der Waals surface area (Å²) in [6.45, 7) is 5.75. The number of nitrogens with one attached hydrogen (secondary N) is 1. The lowest BCUT2D eigenvalue weighted by Gasteiger charge is -2.38. The van der Waals surface area contributed by atoms with Gasteiger partial charge in [0.05, 0.1) is 29.3 Å². The Kier molecular flexibility index (Phi) is 6.72. The summed E-state index contributed by atoms with van der Waals surface area (Å²) in [6.07, 6.45) is 0.754. The summed E-state index contributed by atoms with van der Waals surface area (Å²) in [5.41, 5.74) is 6.46. The first-order valence-electron chi connectivity index (χ1n) is 8.62. The lowest BCUT2D eigenvalue weighted by molar-refractivity contribution is -0.141. The third-order valence-corrected chi connectivity index (χ3v) is 5.15. The maximum absolute atomic E-state index is 12.7. The number of nitrogens with two attached hydrogens (primary N) is 1. The highest BCUT2D eigenvalue weighted by molar-refractivity contribution is 6.33. The molecule has 7 nitrogen and oxygen atoms in total. The van der Waals surface area contributed by atoms with Crippen LogP contribution in [0.3, 0.4) is 0 Å². The van der Waals surface area contributed by atoms with Crippen molar-refractivity contribution in [2.75, 3.05) is 32.5 Å². The molecule has 0 aromatic heterocycles. The van der Waals surface area contributed by atoms with Crippen molar-refractivity contribution in [2.45, 2.75) is 26.3 Å². The molecule has 0 spiro atoms. The molecule has 2 rings (SSSR count). The lowest BCUT2D eigenvalue weighted by Crippen LogP contribution is -2.51. The third-order valence-electron chi connectivity index (χ3n) is 4.82. The minimum Gasteiger partial charge on any atom is -0.496 e. The number of piperidine rings is 1. The second kappa shape index (κ2) is 8.60. The number of amides is 1. The van der Waals surface area contributed by atoms with E-state index in [1.807, 2.05) is 0 Å². The van der Waals surface area contributed by atoms with Gasteiger partial charge in [-0.3, -0.25) is 9.59 Å². The minimum absolute atomic E-state index is 0.0000751. The van der Waals surface area contributed by atoms with E-state index in [1.54, 1.807) is 6.92 Å². The molecule has 1 heterocycles. The number of carbonyl (C=O) groups is 2. The molecule has 1 aromatic carbocycles. The second-order valence-electron chi connectivity index (χ2n) is 6.92. The zero-order chi connectivity index (χ0) is 19.4. The number of halogens is 1. The lowest BCUT2D eigenvalue weighted by atomic mass is 9.92. The summed E-state index contributed by atoms with van der Waals surface area (Å²) in [5, 5.41) is 12.4. The zero-order valence-corrected chi connectivity index (χ0v) is 16.0. The first-order valence-corrected chi connectivity index (χ1v) is 8.99. The van der Waals surface area contributed by atoms with Crippen molar-refractivity contribution in [2.24, 2.45) is 11.8 Å². The number of anilines is 1. The maximum Gasteiger partial charge on any atom is 0.307 e. The van der Waals surface area contributed by atoms with E-state index in [2.05, 4.69) is 17.1 Å². The molecule has 8 heteroatoms. The van der Waals surface area contributed by atoms with E-state index in [1.165, 1.54) is 19.2 Å². The molecule has 1 aliphatic rings. The van der Waals surface area contributed by atoms with Gasteiger partial charge in [0.15, 0.2) is 0 Å². The number of carbonyl (C=O) groups excluding carboxylic acids is 1. The fraction of sp³-hybridized carbons (Fsp3) is 0.556. The molecule has 3 unspecified atom stereocenters. The Bertz CT molecular complexity index is 683. The largest absolute Gasteiger partial charge is 0.496 e. The molecule has 3 atom stereocenters. The van der Waals surface area contributed by atoms with Crippen molar-refractivity contribution in [3.8, 4) is 5.75 Å². The van der Waals surface area contributed by atoms with Gasteiger partial charge in [-0.1, -0.05) is 25.4 Å². The average molecular weight is 384 g/mol. The molecule has 4 N–H and O–H groups in total. The number of carboxylic acids is 1. The van der Waals surface area contributed by atoms with E-state index in [-0.39, 0.29) is 17.9 Å². The fourth-order valence-corrected chi connectivity index (χ4v) is 3.40. The average Bonchev–Trinajstić information content (AvgIpc) is 2.59. The highest BCUT2D eigenvalue weighted by Gasteiger charge is 2.29. The van der Waals surface area contributed by atoms with Gasteiger partial charge in [-0.15, -0.1) is 0 Å². The number of hydrogen-bond donors (Lipinski definition) is 3. The zero-order valence-electron chi connectivity index (χ0n) is 15.3. The van der Waals surface area contributed by atoms with Crippen LogP contribution in [0.2, 0.25) is 5.02 Å². The number of hydrogen-bond acceptors (Lipinski definition) is 5. The number of rotatable bonds is 6. The molecule has 0 radical (unpaired) electrons. The van der Waals surface area contributed by atoms with Crippen LogP contribution >= 0.6 is 11.6 Å². The maximum atomic E-state index is 12.7. The summed E-state index contributed by atoms with van der Waals surface area (Å²) in [4.78, 5) is 25.8. The summed E-state index contributed by atoms with van der Waals surface area (Å²) >= 11 is 6.04. The molecular formula is C18H26ClN3O4. The van der Waals surface area contributed by atoms with Crippen LogP contribution in [0.5, 0.6) is 5.75 Å². The van der Waals surface area contributed by atoms with Crippen LogP contribution in [0, 0.1) is 11.8 Å². The van der Waals surface area contributed by atoms with Crippen LogP contribution in [-0.4, -0.2) is 54.7 Å². The molecule has 1 saturated heterocycles. The summed E-state index contributed by atoms with van der Waals surface area (Å²) < 4.78 is 5.24. The van der Waals surface area contributed by atoms with Gasteiger partial charge in [0.2, 0.25) is 0 Å². The topological polar surface area (TPSA) is 105 Å². The first-order chi connectivity index (χ1) is 12.2. The van der Waals surface area contributed by atoms with Gasteiger partial charge in [-0.05, 0) is 18.4 Å². The molecule has 26 heavy (non-hydrogen) atoms. The van der Waals surface area contributed by atoms with Crippen molar-refractivity contribution in [1.82, 2.24) is 10.2 Å². The van der Waals surface area contributed by atoms with E-state index in [0.717, 1.165) is 19.5 Å². The highest BCUT2D eigenvalue weighted by atomic mass is 35.5. The summed E-state index contributed by atoms with van der Waals surface area (Å²) in [6, 6.07) is 3.05. The number of nitrogen functional groups attached to an aromatic ring is 1. The van der Waals surface area contributed by atoms with Crippen LogP contribution in [0.4, 0.5) is 5.69 Å². The SMILES string of the molecule is COc1cc(N)c(Cl)cc1C(=O)NC1CCN(CC(C)C(=O)O)CC1C. The molecule has 1 aliphatic heterocycles. The Labute approximate surface area is 158 Å².